The molecular formula is C24H16F6O2. The number of hydrogen-bond donors (Lipinski definition) is 0. The molecule has 4 aromatic rings. The van der Waals surface area contributed by atoms with E-state index in [1.54, 1.807) is 6.92 Å². The molecule has 0 aliphatic carbocycles. The van der Waals surface area contributed by atoms with Crippen molar-refractivity contribution in [1.82, 2.24) is 0 Å². The number of aryl methyl sites for hydroxylation is 1. The van der Waals surface area contributed by atoms with Crippen LogP contribution in [0.1, 0.15) is 24.5 Å². The monoisotopic (exact) mass is 450 g/mol. The maximum Gasteiger partial charge on any atom is 0.432 e. The average Bonchev–Trinajstić information content (AvgIpc) is 3.10. The first-order valence-electron chi connectivity index (χ1n) is 9.72. The predicted molar refractivity (Wildman–Crippen MR) is 106 cm³/mol. The lowest BCUT2D eigenvalue weighted by molar-refractivity contribution is -0.189. The summed E-state index contributed by atoms with van der Waals surface area (Å²) in [6.07, 6.45) is -3.30. The molecule has 166 valence electrons. The maximum absolute atomic E-state index is 14.5. The van der Waals surface area contributed by atoms with Crippen LogP contribution in [-0.2, 0) is 12.5 Å². The fourth-order valence-corrected chi connectivity index (χ4v) is 3.40. The van der Waals surface area contributed by atoms with Crippen LogP contribution in [-0.4, -0.2) is 0 Å². The zero-order valence-corrected chi connectivity index (χ0v) is 16.7. The third-order valence-corrected chi connectivity index (χ3v) is 4.88. The number of halogens is 6. The molecule has 0 N–H and O–H groups in total. The molecular weight excluding hydrogens is 434 g/mol. The summed E-state index contributed by atoms with van der Waals surface area (Å²) < 4.78 is 94.3. The fraction of sp³-hybridized carbons (Fsp3) is 0.167. The number of hydrogen-bond acceptors (Lipinski definition) is 2. The number of furan rings is 1. The Balaban J connectivity index is 1.58. The van der Waals surface area contributed by atoms with E-state index in [0.29, 0.717) is 23.8 Å². The van der Waals surface area contributed by atoms with E-state index in [1.165, 1.54) is 30.3 Å². The second kappa shape index (κ2) is 8.26. The molecule has 0 amide bonds. The van der Waals surface area contributed by atoms with Gasteiger partial charge in [0.05, 0.1) is 0 Å². The molecule has 0 saturated carbocycles. The van der Waals surface area contributed by atoms with Crippen LogP contribution in [0.15, 0.2) is 59.0 Å². The van der Waals surface area contributed by atoms with Gasteiger partial charge in [0.15, 0.2) is 11.6 Å². The van der Waals surface area contributed by atoms with Crippen LogP contribution in [0.25, 0.3) is 22.3 Å². The van der Waals surface area contributed by atoms with Crippen molar-refractivity contribution in [3.8, 4) is 17.1 Å². The predicted octanol–water partition coefficient (Wildman–Crippen LogP) is 7.74. The quantitative estimate of drug-likeness (QED) is 0.281. The van der Waals surface area contributed by atoms with Gasteiger partial charge in [0.25, 0.3) is 0 Å². The summed E-state index contributed by atoms with van der Waals surface area (Å²) in [5.41, 5.74) is -0.665. The van der Waals surface area contributed by atoms with E-state index in [9.17, 15) is 26.3 Å². The van der Waals surface area contributed by atoms with Crippen molar-refractivity contribution in [1.29, 1.82) is 0 Å². The van der Waals surface area contributed by atoms with E-state index in [1.807, 2.05) is 0 Å². The average molecular weight is 450 g/mol. The Kier molecular flexibility index (Phi) is 5.62. The Morgan fingerprint density at radius 1 is 0.812 bits per heavy atom. The first-order chi connectivity index (χ1) is 15.2. The molecule has 8 heteroatoms. The standard InChI is InChI=1S/C24H16F6O2/c1-2-3-13-8-19(27)23(20(28)9-13)24(29,30)32-16-6-4-14(5-7-16)21-11-15-10-17(25)18(26)12-22(15)31-21/h4-12H,2-3H2,1H3. The Bertz CT molecular complexity index is 1220. The highest BCUT2D eigenvalue weighted by atomic mass is 19.3. The number of rotatable bonds is 6. The molecule has 0 atom stereocenters. The van der Waals surface area contributed by atoms with Crippen molar-refractivity contribution in [2.45, 2.75) is 25.9 Å². The van der Waals surface area contributed by atoms with Crippen LogP contribution < -0.4 is 4.74 Å². The van der Waals surface area contributed by atoms with E-state index < -0.39 is 34.9 Å². The Labute approximate surface area is 179 Å². The van der Waals surface area contributed by atoms with Gasteiger partial charge in [0.1, 0.15) is 34.3 Å². The van der Waals surface area contributed by atoms with E-state index in [2.05, 4.69) is 4.74 Å². The van der Waals surface area contributed by atoms with Gasteiger partial charge in [-0.2, -0.15) is 8.78 Å². The van der Waals surface area contributed by atoms with Gasteiger partial charge in [-0.1, -0.05) is 13.3 Å². The number of alkyl halides is 2. The maximum atomic E-state index is 14.5. The molecule has 1 heterocycles. The Hall–Kier alpha value is -3.42. The van der Waals surface area contributed by atoms with Gasteiger partial charge in [0.2, 0.25) is 0 Å². The minimum atomic E-state index is -4.26. The molecule has 1 aromatic heterocycles. The van der Waals surface area contributed by atoms with E-state index in [0.717, 1.165) is 24.3 Å². The van der Waals surface area contributed by atoms with Crippen molar-refractivity contribution >= 4 is 11.0 Å². The third-order valence-electron chi connectivity index (χ3n) is 4.88. The van der Waals surface area contributed by atoms with Crippen molar-refractivity contribution in [3.63, 3.8) is 0 Å². The lowest BCUT2D eigenvalue weighted by atomic mass is 10.1. The Morgan fingerprint density at radius 3 is 2.06 bits per heavy atom. The van der Waals surface area contributed by atoms with Crippen molar-refractivity contribution in [2.24, 2.45) is 0 Å². The topological polar surface area (TPSA) is 22.4 Å². The molecule has 0 radical (unpaired) electrons. The molecule has 32 heavy (non-hydrogen) atoms. The highest BCUT2D eigenvalue weighted by molar-refractivity contribution is 5.83. The van der Waals surface area contributed by atoms with Gasteiger partial charge >= 0.3 is 6.11 Å². The van der Waals surface area contributed by atoms with E-state index in [4.69, 9.17) is 4.42 Å². The highest BCUT2D eigenvalue weighted by Gasteiger charge is 2.41. The van der Waals surface area contributed by atoms with Gasteiger partial charge in [0, 0.05) is 17.0 Å². The lowest BCUT2D eigenvalue weighted by Gasteiger charge is -2.20. The molecule has 0 saturated heterocycles. The molecule has 0 aliphatic heterocycles. The minimum Gasteiger partial charge on any atom is -0.456 e. The van der Waals surface area contributed by atoms with Crippen LogP contribution in [0.5, 0.6) is 5.75 Å². The summed E-state index contributed by atoms with van der Waals surface area (Å²) in [7, 11) is 0. The summed E-state index contributed by atoms with van der Waals surface area (Å²) in [6, 6.07) is 10.2. The Morgan fingerprint density at radius 2 is 1.44 bits per heavy atom. The summed E-state index contributed by atoms with van der Waals surface area (Å²) in [5, 5.41) is 0.322. The van der Waals surface area contributed by atoms with Gasteiger partial charge < -0.3 is 9.15 Å². The second-order valence-corrected chi connectivity index (χ2v) is 7.24. The molecule has 2 nitrogen and oxygen atoms in total. The van der Waals surface area contributed by atoms with Crippen LogP contribution in [0.2, 0.25) is 0 Å². The van der Waals surface area contributed by atoms with Gasteiger partial charge in [-0.05, 0) is 60.5 Å². The van der Waals surface area contributed by atoms with Gasteiger partial charge in [-0.25, -0.2) is 17.6 Å². The third kappa shape index (κ3) is 4.17. The number of fused-ring (bicyclic) bond motifs is 1. The molecule has 4 rings (SSSR count). The number of benzene rings is 3. The molecule has 0 fully saturated rings. The summed E-state index contributed by atoms with van der Waals surface area (Å²) in [5.74, 6) is -4.98. The molecule has 3 aromatic carbocycles. The molecule has 0 unspecified atom stereocenters. The van der Waals surface area contributed by atoms with Crippen molar-refractivity contribution in [3.05, 3.63) is 89.0 Å². The van der Waals surface area contributed by atoms with Crippen LogP contribution in [0.3, 0.4) is 0 Å². The summed E-state index contributed by atoms with van der Waals surface area (Å²) in [6.45, 7) is 1.80. The van der Waals surface area contributed by atoms with E-state index in [-0.39, 0.29) is 22.7 Å². The van der Waals surface area contributed by atoms with Crippen molar-refractivity contribution < 1.29 is 35.5 Å². The smallest absolute Gasteiger partial charge is 0.432 e. The zero-order valence-electron chi connectivity index (χ0n) is 16.7. The van der Waals surface area contributed by atoms with Crippen LogP contribution >= 0.6 is 0 Å². The van der Waals surface area contributed by atoms with E-state index >= 15 is 0 Å². The highest BCUT2D eigenvalue weighted by Crippen LogP contribution is 2.37. The van der Waals surface area contributed by atoms with Crippen molar-refractivity contribution in [2.75, 3.05) is 0 Å². The second-order valence-electron chi connectivity index (χ2n) is 7.24. The summed E-state index contributed by atoms with van der Waals surface area (Å²) >= 11 is 0. The zero-order chi connectivity index (χ0) is 23.0. The first kappa shape index (κ1) is 21.8. The number of ether oxygens (including phenoxy) is 1. The minimum absolute atomic E-state index is 0.114. The van der Waals surface area contributed by atoms with Crippen LogP contribution in [0.4, 0.5) is 26.3 Å². The van der Waals surface area contributed by atoms with Gasteiger partial charge in [-0.3, -0.25) is 0 Å². The molecule has 0 spiro atoms. The molecule has 0 bridgehead atoms. The largest absolute Gasteiger partial charge is 0.456 e. The fourth-order valence-electron chi connectivity index (χ4n) is 3.40. The van der Waals surface area contributed by atoms with Gasteiger partial charge in [-0.15, -0.1) is 0 Å². The normalized spacial score (nSPS) is 11.8. The lowest BCUT2D eigenvalue weighted by Crippen LogP contribution is -2.25. The first-order valence-corrected chi connectivity index (χ1v) is 9.72. The summed E-state index contributed by atoms with van der Waals surface area (Å²) in [4.78, 5) is 0. The van der Waals surface area contributed by atoms with Crippen LogP contribution in [0, 0.1) is 23.3 Å². The SMILES string of the molecule is CCCc1cc(F)c(C(F)(F)Oc2ccc(-c3cc4cc(F)c(F)cc4o3)cc2)c(F)c1. The molecule has 0 aliphatic rings.